The average molecular weight is 443 g/mol. The van der Waals surface area contributed by atoms with Crippen molar-refractivity contribution in [3.63, 3.8) is 0 Å². The van der Waals surface area contributed by atoms with Crippen molar-refractivity contribution < 1.29 is 9.47 Å². The van der Waals surface area contributed by atoms with Crippen LogP contribution in [0.4, 0.5) is 0 Å². The minimum Gasteiger partial charge on any atom is -0.375 e. The van der Waals surface area contributed by atoms with Gasteiger partial charge in [-0.2, -0.15) is 0 Å². The second-order valence-electron chi connectivity index (χ2n) is 10.3. The van der Waals surface area contributed by atoms with E-state index in [1.807, 2.05) is 0 Å². The van der Waals surface area contributed by atoms with E-state index < -0.39 is 0 Å². The Labute approximate surface area is 199 Å². The molecule has 0 amide bonds. The first-order valence-electron chi connectivity index (χ1n) is 12.6. The third-order valence-electron chi connectivity index (χ3n) is 6.20. The lowest BCUT2D eigenvalue weighted by Crippen LogP contribution is -2.14. The quantitative estimate of drug-likeness (QED) is 0.135. The Morgan fingerprint density at radius 2 is 1.16 bits per heavy atom. The molecule has 1 aliphatic rings. The molecule has 1 saturated heterocycles. The first-order valence-corrected chi connectivity index (χ1v) is 12.6. The van der Waals surface area contributed by atoms with Gasteiger partial charge in [-0.25, -0.2) is 0 Å². The Bertz CT molecular complexity index is 696. The molecule has 2 heteroatoms. The van der Waals surface area contributed by atoms with Crippen molar-refractivity contribution in [3.8, 4) is 0 Å². The Morgan fingerprint density at radius 3 is 1.69 bits per heavy atom. The average Bonchev–Trinajstić information content (AvgIpc) is 3.34. The van der Waals surface area contributed by atoms with Crippen molar-refractivity contribution in [3.05, 3.63) is 58.2 Å². The molecule has 2 unspecified atom stereocenters. The summed E-state index contributed by atoms with van der Waals surface area (Å²) in [7, 11) is 0. The predicted molar refractivity (Wildman–Crippen MR) is 141 cm³/mol. The third kappa shape index (κ3) is 13.9. The molecule has 182 valence electrons. The molecule has 0 bridgehead atoms. The fourth-order valence-electron chi connectivity index (χ4n) is 3.73. The van der Waals surface area contributed by atoms with E-state index in [1.165, 1.54) is 34.3 Å². The number of allylic oxidation sites excluding steroid dienone is 9. The highest BCUT2D eigenvalue weighted by atomic mass is 16.6. The summed E-state index contributed by atoms with van der Waals surface area (Å²) in [6.45, 7) is 19.0. The zero-order valence-electron chi connectivity index (χ0n) is 22.4. The molecule has 0 aliphatic carbocycles. The van der Waals surface area contributed by atoms with E-state index in [-0.39, 0.29) is 11.7 Å². The highest BCUT2D eigenvalue weighted by Gasteiger charge is 2.51. The summed E-state index contributed by atoms with van der Waals surface area (Å²) >= 11 is 0. The van der Waals surface area contributed by atoms with Crippen LogP contribution in [0.3, 0.4) is 0 Å². The monoisotopic (exact) mass is 442 g/mol. The van der Waals surface area contributed by atoms with E-state index in [4.69, 9.17) is 9.47 Å². The maximum absolute atomic E-state index is 5.95. The molecule has 1 heterocycles. The van der Waals surface area contributed by atoms with Gasteiger partial charge < -0.3 is 9.47 Å². The molecular formula is C30H50O2. The summed E-state index contributed by atoms with van der Waals surface area (Å²) in [5.41, 5.74) is 7.20. The molecule has 0 saturated carbocycles. The highest BCUT2D eigenvalue weighted by Crippen LogP contribution is 2.40. The van der Waals surface area contributed by atoms with Crippen LogP contribution >= 0.6 is 0 Å². The van der Waals surface area contributed by atoms with Gasteiger partial charge in [0.25, 0.3) is 0 Å². The molecule has 1 rings (SSSR count). The molecular weight excluding hydrogens is 392 g/mol. The molecule has 1 fully saturated rings. The Kier molecular flexibility index (Phi) is 13.8. The lowest BCUT2D eigenvalue weighted by molar-refractivity contribution is 0.140. The highest BCUT2D eigenvalue weighted by molar-refractivity contribution is 5.07. The van der Waals surface area contributed by atoms with E-state index in [2.05, 4.69) is 85.8 Å². The molecule has 2 nitrogen and oxygen atoms in total. The van der Waals surface area contributed by atoms with Crippen molar-refractivity contribution in [2.75, 3.05) is 13.2 Å². The van der Waals surface area contributed by atoms with Gasteiger partial charge in [0.05, 0.1) is 18.8 Å². The van der Waals surface area contributed by atoms with Gasteiger partial charge in [0.2, 0.25) is 0 Å². The molecule has 2 atom stereocenters. The number of ether oxygens (including phenoxy) is 2. The van der Waals surface area contributed by atoms with Gasteiger partial charge in [-0.3, -0.25) is 0 Å². The van der Waals surface area contributed by atoms with Crippen LogP contribution in [-0.4, -0.2) is 24.9 Å². The van der Waals surface area contributed by atoms with Gasteiger partial charge in [-0.1, -0.05) is 58.2 Å². The molecule has 1 aliphatic heterocycles. The molecule has 32 heavy (non-hydrogen) atoms. The molecule has 0 radical (unpaired) electrons. The van der Waals surface area contributed by atoms with E-state index >= 15 is 0 Å². The molecule has 0 aromatic heterocycles. The third-order valence-corrected chi connectivity index (χ3v) is 6.20. The smallest absolute Gasteiger partial charge is 0.110 e. The Hall–Kier alpha value is -1.38. The van der Waals surface area contributed by atoms with Crippen LogP contribution in [-0.2, 0) is 9.47 Å². The Balaban J connectivity index is 2.16. The molecule has 0 N–H and O–H groups in total. The molecule has 0 spiro atoms. The van der Waals surface area contributed by atoms with Crippen LogP contribution in [0.1, 0.15) is 107 Å². The zero-order valence-corrected chi connectivity index (χ0v) is 22.4. The summed E-state index contributed by atoms with van der Waals surface area (Å²) in [6.07, 6.45) is 20.9. The lowest BCUT2D eigenvalue weighted by atomic mass is 10.00. The summed E-state index contributed by atoms with van der Waals surface area (Å²) in [5.74, 6) is 0. The zero-order chi connectivity index (χ0) is 24.0. The van der Waals surface area contributed by atoms with Gasteiger partial charge >= 0.3 is 0 Å². The number of hydrogen-bond acceptors (Lipinski definition) is 2. The van der Waals surface area contributed by atoms with Crippen LogP contribution in [0.15, 0.2) is 58.2 Å². The number of rotatable bonds is 16. The minimum atomic E-state index is 0.00325. The topological polar surface area (TPSA) is 21.8 Å². The lowest BCUT2D eigenvalue weighted by Gasteiger charge is -2.06. The maximum Gasteiger partial charge on any atom is 0.110 e. The first kappa shape index (κ1) is 28.7. The van der Waals surface area contributed by atoms with Gasteiger partial charge in [-0.15, -0.1) is 0 Å². The van der Waals surface area contributed by atoms with Gasteiger partial charge in [0.1, 0.15) is 6.10 Å². The van der Waals surface area contributed by atoms with Gasteiger partial charge in [0, 0.05) is 0 Å². The Morgan fingerprint density at radius 1 is 0.688 bits per heavy atom. The van der Waals surface area contributed by atoms with Crippen LogP contribution in [0.25, 0.3) is 0 Å². The van der Waals surface area contributed by atoms with Crippen molar-refractivity contribution in [2.45, 2.75) is 118 Å². The summed E-state index contributed by atoms with van der Waals surface area (Å²) in [4.78, 5) is 0. The molecule has 0 aromatic rings. The minimum absolute atomic E-state index is 0.00325. The fourth-order valence-corrected chi connectivity index (χ4v) is 3.73. The summed E-state index contributed by atoms with van der Waals surface area (Å²) in [6, 6.07) is 0. The summed E-state index contributed by atoms with van der Waals surface area (Å²) < 4.78 is 11.8. The largest absolute Gasteiger partial charge is 0.375 e. The van der Waals surface area contributed by atoms with Gasteiger partial charge in [0.15, 0.2) is 0 Å². The maximum atomic E-state index is 5.95. The van der Waals surface area contributed by atoms with Crippen molar-refractivity contribution in [1.29, 1.82) is 0 Å². The van der Waals surface area contributed by atoms with Crippen LogP contribution in [0.2, 0.25) is 0 Å². The van der Waals surface area contributed by atoms with E-state index in [9.17, 15) is 0 Å². The second-order valence-corrected chi connectivity index (χ2v) is 10.3. The predicted octanol–water partition coefficient (Wildman–Crippen LogP) is 9.05. The normalized spacial score (nSPS) is 21.5. The summed E-state index contributed by atoms with van der Waals surface area (Å²) in [5, 5.41) is 0. The number of hydrogen-bond donors (Lipinski definition) is 0. The van der Waals surface area contributed by atoms with Crippen molar-refractivity contribution in [2.24, 2.45) is 0 Å². The van der Waals surface area contributed by atoms with E-state index in [1.54, 1.807) is 0 Å². The van der Waals surface area contributed by atoms with Gasteiger partial charge in [-0.05, 0) is 107 Å². The van der Waals surface area contributed by atoms with Crippen LogP contribution in [0, 0.1) is 0 Å². The number of epoxide rings is 1. The standard InChI is InChI=1S/C30H50O2/c1-24(2)13-9-15-26(5)17-11-18-28(7)20-22-31-23-29-30(8,32-29)21-12-19-27(6)16-10-14-25(3)4/h13-14,17,19-20,29H,9-12,15-16,18,21-23H2,1-8H3/b26-17+,27-19+,28-20+. The van der Waals surface area contributed by atoms with Crippen molar-refractivity contribution >= 4 is 0 Å². The second kappa shape index (κ2) is 15.5. The SMILES string of the molecule is CC(C)=CCC/C(C)=C/CC/C(C)=C/COCC1OC1(C)CC/C=C(\C)CCC=C(C)C. The van der Waals surface area contributed by atoms with Crippen LogP contribution < -0.4 is 0 Å². The van der Waals surface area contributed by atoms with E-state index in [0.29, 0.717) is 13.2 Å². The van der Waals surface area contributed by atoms with Crippen LogP contribution in [0.5, 0.6) is 0 Å². The van der Waals surface area contributed by atoms with E-state index in [0.717, 1.165) is 44.9 Å². The van der Waals surface area contributed by atoms with Crippen molar-refractivity contribution in [1.82, 2.24) is 0 Å². The molecule has 0 aromatic carbocycles. The fraction of sp³-hybridized carbons (Fsp3) is 0.667. The first-order chi connectivity index (χ1) is 15.1.